The van der Waals surface area contributed by atoms with Crippen molar-refractivity contribution < 1.29 is 54.8 Å². The Bertz CT molecular complexity index is 936. The van der Waals surface area contributed by atoms with Crippen LogP contribution in [0.5, 0.6) is 23.0 Å². The molecular weight excluding hydrogens is 401 g/mol. The van der Waals surface area contributed by atoms with Gasteiger partial charge in [0.2, 0.25) is 5.91 Å². The van der Waals surface area contributed by atoms with E-state index in [4.69, 9.17) is 14.2 Å². The first-order chi connectivity index (χ1) is 13.3. The van der Waals surface area contributed by atoms with E-state index in [-0.39, 0.29) is 47.4 Å². The molecule has 1 aliphatic rings. The number of methoxy groups -OCH3 is 2. The molecule has 29 heavy (non-hydrogen) atoms. The van der Waals surface area contributed by atoms with Crippen LogP contribution in [0.2, 0.25) is 0 Å². The van der Waals surface area contributed by atoms with E-state index in [2.05, 4.69) is 5.32 Å². The standard InChI is InChI=1S/C21H23NO5S.Na.H/c1-11-12(2)18(26-5)19(13(3)17(11)25-4)27-15-8-6-14(7-9-15)10-16-20(23)22-21(24)28-16;;/h6-9,16H,10H2,1-5H3,(H,22,23,24);;/q;+1;-1. The van der Waals surface area contributed by atoms with E-state index >= 15 is 0 Å². The molecule has 8 heteroatoms. The molecule has 6 nitrogen and oxygen atoms in total. The van der Waals surface area contributed by atoms with E-state index in [1.807, 2.05) is 45.0 Å². The Morgan fingerprint density at radius 3 is 2.03 bits per heavy atom. The Kier molecular flexibility index (Phi) is 8.05. The smallest absolute Gasteiger partial charge is 1.00 e. The summed E-state index contributed by atoms with van der Waals surface area (Å²) in [6.07, 6.45) is 0.488. The summed E-state index contributed by atoms with van der Waals surface area (Å²) in [5.74, 6) is 2.48. The van der Waals surface area contributed by atoms with Crippen LogP contribution in [-0.2, 0) is 11.2 Å². The van der Waals surface area contributed by atoms with Crippen LogP contribution >= 0.6 is 11.8 Å². The molecule has 0 bridgehead atoms. The monoisotopic (exact) mass is 425 g/mol. The Balaban J connectivity index is 0.00000225. The number of hydrogen-bond acceptors (Lipinski definition) is 6. The average molecular weight is 425 g/mol. The fraction of sp³-hybridized carbons (Fsp3) is 0.333. The van der Waals surface area contributed by atoms with Crippen LogP contribution in [0.4, 0.5) is 4.79 Å². The number of nitrogens with one attached hydrogen (secondary N) is 1. The van der Waals surface area contributed by atoms with Crippen molar-refractivity contribution in [1.82, 2.24) is 5.32 Å². The minimum atomic E-state index is -0.384. The van der Waals surface area contributed by atoms with Gasteiger partial charge < -0.3 is 15.6 Å². The van der Waals surface area contributed by atoms with E-state index in [9.17, 15) is 9.59 Å². The molecule has 0 saturated carbocycles. The molecule has 1 saturated heterocycles. The largest absolute Gasteiger partial charge is 1.00 e. The van der Waals surface area contributed by atoms with E-state index in [1.54, 1.807) is 14.2 Å². The summed E-state index contributed by atoms with van der Waals surface area (Å²) in [6, 6.07) is 7.47. The molecule has 0 aliphatic carbocycles. The zero-order valence-electron chi connectivity index (χ0n) is 18.5. The zero-order valence-corrected chi connectivity index (χ0v) is 20.4. The molecular formula is C21H24NNaO5S. The second-order valence-electron chi connectivity index (χ2n) is 6.60. The van der Waals surface area contributed by atoms with Gasteiger partial charge in [0.05, 0.1) is 19.5 Å². The Morgan fingerprint density at radius 2 is 1.52 bits per heavy atom. The molecule has 3 rings (SSSR count). The third kappa shape index (κ3) is 4.91. The van der Waals surface area contributed by atoms with Gasteiger partial charge in [-0.05, 0) is 50.5 Å². The van der Waals surface area contributed by atoms with Crippen molar-refractivity contribution >= 4 is 22.9 Å². The molecule has 0 spiro atoms. The third-order valence-electron chi connectivity index (χ3n) is 4.87. The van der Waals surface area contributed by atoms with Gasteiger partial charge in [0, 0.05) is 11.1 Å². The SMILES string of the molecule is COc1c(C)c(C)c(OC)c(Oc2ccc(CC3SC(=O)NC3=O)cc2)c1C.[H-].[Na+]. The fourth-order valence-corrected chi connectivity index (χ4v) is 4.15. The molecule has 2 aromatic rings. The average Bonchev–Trinajstić information content (AvgIpc) is 2.99. The van der Waals surface area contributed by atoms with Gasteiger partial charge in [-0.3, -0.25) is 14.9 Å². The molecule has 0 radical (unpaired) electrons. The number of carbonyl (C=O) groups is 2. The van der Waals surface area contributed by atoms with Crippen LogP contribution in [-0.4, -0.2) is 30.6 Å². The second kappa shape index (κ2) is 9.89. The van der Waals surface area contributed by atoms with E-state index in [0.29, 0.717) is 23.7 Å². The fourth-order valence-electron chi connectivity index (χ4n) is 3.29. The normalized spacial score (nSPS) is 15.6. The van der Waals surface area contributed by atoms with Gasteiger partial charge in [-0.1, -0.05) is 23.9 Å². The molecule has 1 atom stereocenters. The summed E-state index contributed by atoms with van der Waals surface area (Å²) < 4.78 is 17.3. The minimum Gasteiger partial charge on any atom is -1.00 e. The van der Waals surface area contributed by atoms with Gasteiger partial charge in [0.15, 0.2) is 11.5 Å². The van der Waals surface area contributed by atoms with Crippen molar-refractivity contribution in [3.8, 4) is 23.0 Å². The number of amides is 2. The van der Waals surface area contributed by atoms with E-state index in [1.165, 1.54) is 0 Å². The van der Waals surface area contributed by atoms with Crippen molar-refractivity contribution in [2.75, 3.05) is 14.2 Å². The van der Waals surface area contributed by atoms with Crippen LogP contribution in [0.1, 0.15) is 23.7 Å². The predicted molar refractivity (Wildman–Crippen MR) is 110 cm³/mol. The molecule has 150 valence electrons. The van der Waals surface area contributed by atoms with Crippen LogP contribution in [0, 0.1) is 20.8 Å². The quantitative estimate of drug-likeness (QED) is 0.706. The van der Waals surface area contributed by atoms with Crippen LogP contribution in [0.25, 0.3) is 0 Å². The third-order valence-corrected chi connectivity index (χ3v) is 5.85. The number of benzene rings is 2. The minimum absolute atomic E-state index is 0. The Hall–Kier alpha value is -1.67. The molecule has 1 heterocycles. The summed E-state index contributed by atoms with van der Waals surface area (Å²) in [5.41, 5.74) is 3.80. The summed E-state index contributed by atoms with van der Waals surface area (Å²) in [4.78, 5) is 23.0. The van der Waals surface area contributed by atoms with Gasteiger partial charge in [0.25, 0.3) is 5.24 Å². The number of ether oxygens (including phenoxy) is 3. The van der Waals surface area contributed by atoms with Gasteiger partial charge in [-0.25, -0.2) is 0 Å². The van der Waals surface area contributed by atoms with Crippen molar-refractivity contribution in [3.05, 3.63) is 46.5 Å². The molecule has 1 unspecified atom stereocenters. The van der Waals surface area contributed by atoms with Gasteiger partial charge in [-0.2, -0.15) is 0 Å². The van der Waals surface area contributed by atoms with Crippen molar-refractivity contribution in [2.24, 2.45) is 0 Å². The van der Waals surface area contributed by atoms with Crippen LogP contribution in [0.15, 0.2) is 24.3 Å². The Labute approximate surface area is 198 Å². The molecule has 1 N–H and O–H groups in total. The molecule has 2 amide bonds. The molecule has 0 aromatic heterocycles. The van der Waals surface area contributed by atoms with Gasteiger partial charge in [-0.15, -0.1) is 0 Å². The molecule has 2 aromatic carbocycles. The van der Waals surface area contributed by atoms with Crippen molar-refractivity contribution in [2.45, 2.75) is 32.4 Å². The summed E-state index contributed by atoms with van der Waals surface area (Å²) >= 11 is 1.03. The van der Waals surface area contributed by atoms with Crippen LogP contribution in [0.3, 0.4) is 0 Å². The first kappa shape index (κ1) is 23.6. The van der Waals surface area contributed by atoms with Gasteiger partial charge in [0.1, 0.15) is 11.5 Å². The van der Waals surface area contributed by atoms with Gasteiger partial charge >= 0.3 is 29.6 Å². The second-order valence-corrected chi connectivity index (χ2v) is 7.78. The summed E-state index contributed by atoms with van der Waals surface area (Å²) in [6.45, 7) is 5.90. The van der Waals surface area contributed by atoms with Crippen molar-refractivity contribution in [3.63, 3.8) is 0 Å². The van der Waals surface area contributed by atoms with Crippen LogP contribution < -0.4 is 49.1 Å². The first-order valence-electron chi connectivity index (χ1n) is 8.85. The van der Waals surface area contributed by atoms with Crippen molar-refractivity contribution in [1.29, 1.82) is 0 Å². The maximum Gasteiger partial charge on any atom is 1.00 e. The predicted octanol–water partition coefficient (Wildman–Crippen LogP) is 1.43. The first-order valence-corrected chi connectivity index (χ1v) is 9.73. The molecule has 1 aliphatic heterocycles. The number of thioether (sulfide) groups is 1. The van der Waals surface area contributed by atoms with E-state index < -0.39 is 0 Å². The maximum absolute atomic E-state index is 11.7. The van der Waals surface area contributed by atoms with E-state index in [0.717, 1.165) is 39.8 Å². The number of carbonyl (C=O) groups excluding carboxylic acids is 2. The summed E-state index contributed by atoms with van der Waals surface area (Å²) in [7, 11) is 3.26. The zero-order chi connectivity index (χ0) is 20.4. The topological polar surface area (TPSA) is 73.9 Å². The number of imide groups is 1. The number of hydrogen-bond donors (Lipinski definition) is 1. The maximum atomic E-state index is 11.7. The Morgan fingerprint density at radius 1 is 0.931 bits per heavy atom. The summed E-state index contributed by atoms with van der Waals surface area (Å²) in [5, 5.41) is 1.63. The number of rotatable bonds is 6. The molecule has 1 fully saturated rings.